The second kappa shape index (κ2) is 8.41. The first-order valence-electron chi connectivity index (χ1n) is 9.70. The first kappa shape index (κ1) is 24.3. The molecule has 2 aromatic rings. The lowest BCUT2D eigenvalue weighted by atomic mass is 9.97. The Hall–Kier alpha value is -2.87. The van der Waals surface area contributed by atoms with Crippen molar-refractivity contribution in [3.63, 3.8) is 0 Å². The van der Waals surface area contributed by atoms with Crippen LogP contribution in [0.4, 0.5) is 36.6 Å². The summed E-state index contributed by atoms with van der Waals surface area (Å²) in [6.07, 6.45) is -13.7. The Morgan fingerprint density at radius 3 is 2.41 bits per heavy atom. The maximum atomic E-state index is 13.8. The fourth-order valence-electron chi connectivity index (χ4n) is 3.80. The van der Waals surface area contributed by atoms with E-state index in [4.69, 9.17) is 11.6 Å². The molecule has 0 saturated carbocycles. The van der Waals surface area contributed by atoms with E-state index >= 15 is 0 Å². The SMILES string of the molecule is O=C(c1cc2n(n1)[C@H](C(F)(F)F)C[C@@H](c1ccc(Cl)cc1)N2)N1N=C(C(F)F)C[C@]1(O)C(F)F. The van der Waals surface area contributed by atoms with E-state index in [9.17, 15) is 40.6 Å². The minimum absolute atomic E-state index is 0.257. The lowest BCUT2D eigenvalue weighted by Crippen LogP contribution is -2.51. The highest BCUT2D eigenvalue weighted by Gasteiger charge is 2.54. The third kappa shape index (κ3) is 4.19. The number of hydrogen-bond acceptors (Lipinski definition) is 5. The number of carbonyl (C=O) groups is 1. The van der Waals surface area contributed by atoms with Gasteiger partial charge in [0.05, 0.1) is 6.04 Å². The molecule has 4 rings (SSSR count). The Bertz CT molecular complexity index is 1120. The van der Waals surface area contributed by atoms with Crippen LogP contribution in [-0.2, 0) is 0 Å². The van der Waals surface area contributed by atoms with Crippen LogP contribution in [0.1, 0.15) is 41.0 Å². The van der Waals surface area contributed by atoms with Gasteiger partial charge in [-0.25, -0.2) is 22.2 Å². The van der Waals surface area contributed by atoms with Gasteiger partial charge in [0.25, 0.3) is 18.8 Å². The molecule has 0 bridgehead atoms. The molecule has 1 aromatic heterocycles. The van der Waals surface area contributed by atoms with Crippen molar-refractivity contribution in [2.45, 2.75) is 49.7 Å². The van der Waals surface area contributed by atoms with Crippen LogP contribution in [0, 0.1) is 0 Å². The topological polar surface area (TPSA) is 82.8 Å². The summed E-state index contributed by atoms with van der Waals surface area (Å²) in [5.74, 6) is -1.83. The first-order chi connectivity index (χ1) is 15.8. The standard InChI is InChI=1S/C19H15ClF7N5O2/c20-9-3-1-8(2-4-9)10-5-13(19(25,26)27)31-14(28-10)6-11(29-31)16(33)32-18(34,17(23)24)7-12(30-32)15(21)22/h1-4,6,10,13,15,17,28,34H,5,7H2/t10-,13-,18-/m0/s1. The number of anilines is 1. The summed E-state index contributed by atoms with van der Waals surface area (Å²) < 4.78 is 94.8. The van der Waals surface area contributed by atoms with Gasteiger partial charge < -0.3 is 10.4 Å². The number of aliphatic hydroxyl groups is 1. The number of aromatic nitrogens is 2. The molecule has 3 atom stereocenters. The van der Waals surface area contributed by atoms with Gasteiger partial charge in [0.1, 0.15) is 11.5 Å². The molecule has 2 aliphatic rings. The van der Waals surface area contributed by atoms with Gasteiger partial charge in [0, 0.05) is 23.9 Å². The fourth-order valence-corrected chi connectivity index (χ4v) is 3.93. The van der Waals surface area contributed by atoms with E-state index in [1.54, 1.807) is 0 Å². The maximum absolute atomic E-state index is 13.8. The van der Waals surface area contributed by atoms with Gasteiger partial charge in [-0.05, 0) is 17.7 Å². The lowest BCUT2D eigenvalue weighted by Gasteiger charge is -2.33. The molecule has 34 heavy (non-hydrogen) atoms. The van der Waals surface area contributed by atoms with Crippen LogP contribution >= 0.6 is 11.6 Å². The summed E-state index contributed by atoms with van der Waals surface area (Å²) >= 11 is 5.82. The van der Waals surface area contributed by atoms with Crippen molar-refractivity contribution in [2.75, 3.05) is 5.32 Å². The van der Waals surface area contributed by atoms with Crippen molar-refractivity contribution in [1.82, 2.24) is 14.8 Å². The molecule has 0 unspecified atom stereocenters. The molecule has 0 fully saturated rings. The normalized spacial score (nSPS) is 24.9. The molecule has 15 heteroatoms. The molecule has 184 valence electrons. The number of fused-ring (bicyclic) bond motifs is 1. The van der Waals surface area contributed by atoms with Crippen molar-refractivity contribution in [3.8, 4) is 0 Å². The Morgan fingerprint density at radius 1 is 1.21 bits per heavy atom. The molecular weight excluding hydrogens is 499 g/mol. The van der Waals surface area contributed by atoms with E-state index < -0.39 is 67.0 Å². The van der Waals surface area contributed by atoms with Gasteiger partial charge in [-0.15, -0.1) is 0 Å². The van der Waals surface area contributed by atoms with E-state index in [0.29, 0.717) is 15.3 Å². The number of nitrogens with one attached hydrogen (secondary N) is 1. The van der Waals surface area contributed by atoms with Crippen molar-refractivity contribution in [2.24, 2.45) is 5.10 Å². The summed E-state index contributed by atoms with van der Waals surface area (Å²) in [6, 6.07) is 3.78. The Labute approximate surface area is 191 Å². The highest BCUT2D eigenvalue weighted by atomic mass is 35.5. The van der Waals surface area contributed by atoms with Gasteiger partial charge in [0.15, 0.2) is 11.7 Å². The van der Waals surface area contributed by atoms with Crippen LogP contribution < -0.4 is 5.32 Å². The number of amides is 1. The molecule has 0 saturated heterocycles. The number of rotatable bonds is 4. The van der Waals surface area contributed by atoms with Crippen LogP contribution in [0.5, 0.6) is 0 Å². The molecule has 0 aliphatic carbocycles. The highest BCUT2D eigenvalue weighted by molar-refractivity contribution is 6.30. The van der Waals surface area contributed by atoms with Crippen molar-refractivity contribution >= 4 is 29.0 Å². The minimum atomic E-state index is -4.80. The molecule has 2 N–H and O–H groups in total. The second-order valence-electron chi connectivity index (χ2n) is 7.77. The monoisotopic (exact) mass is 513 g/mol. The summed E-state index contributed by atoms with van der Waals surface area (Å²) in [5.41, 5.74) is -4.91. The van der Waals surface area contributed by atoms with Gasteiger partial charge in [-0.3, -0.25) is 4.79 Å². The quantitative estimate of drug-likeness (QED) is 0.585. The zero-order valence-corrected chi connectivity index (χ0v) is 17.5. The fraction of sp³-hybridized carbons (Fsp3) is 0.421. The minimum Gasteiger partial charge on any atom is -0.364 e. The average molecular weight is 514 g/mol. The smallest absolute Gasteiger partial charge is 0.364 e. The van der Waals surface area contributed by atoms with Crippen molar-refractivity contribution in [1.29, 1.82) is 0 Å². The van der Waals surface area contributed by atoms with Crippen LogP contribution in [0.3, 0.4) is 0 Å². The van der Waals surface area contributed by atoms with Crippen molar-refractivity contribution in [3.05, 3.63) is 46.6 Å². The molecule has 3 heterocycles. The molecule has 2 aliphatic heterocycles. The van der Waals surface area contributed by atoms with Crippen molar-refractivity contribution < 1.29 is 40.6 Å². The molecule has 1 aromatic carbocycles. The molecule has 0 radical (unpaired) electrons. The number of nitrogens with zero attached hydrogens (tertiary/aromatic N) is 4. The average Bonchev–Trinajstić information content (AvgIpc) is 3.34. The number of halogens is 8. The Morgan fingerprint density at radius 2 is 1.85 bits per heavy atom. The number of carbonyl (C=O) groups excluding carboxylic acids is 1. The summed E-state index contributed by atoms with van der Waals surface area (Å²) in [6.45, 7) is 0. The van der Waals surface area contributed by atoms with Crippen LogP contribution in [-0.4, -0.2) is 56.3 Å². The predicted octanol–water partition coefficient (Wildman–Crippen LogP) is 4.62. The molecule has 1 amide bonds. The zero-order chi connectivity index (χ0) is 25.0. The lowest BCUT2D eigenvalue weighted by molar-refractivity contribution is -0.174. The van der Waals surface area contributed by atoms with Gasteiger partial charge in [-0.1, -0.05) is 23.7 Å². The zero-order valence-electron chi connectivity index (χ0n) is 16.8. The summed E-state index contributed by atoms with van der Waals surface area (Å²) in [7, 11) is 0. The van der Waals surface area contributed by atoms with Crippen LogP contribution in [0.25, 0.3) is 0 Å². The number of benzene rings is 1. The van der Waals surface area contributed by atoms with E-state index in [1.807, 2.05) is 0 Å². The van der Waals surface area contributed by atoms with Crippen LogP contribution in [0.2, 0.25) is 5.02 Å². The third-order valence-corrected chi connectivity index (χ3v) is 5.76. The molecule has 0 spiro atoms. The van der Waals surface area contributed by atoms with Crippen LogP contribution in [0.15, 0.2) is 35.4 Å². The number of alkyl halides is 7. The summed E-state index contributed by atoms with van der Waals surface area (Å²) in [5, 5.41) is 19.7. The van der Waals surface area contributed by atoms with E-state index in [1.165, 1.54) is 24.3 Å². The highest BCUT2D eigenvalue weighted by Crippen LogP contribution is 2.44. The predicted molar refractivity (Wildman–Crippen MR) is 105 cm³/mol. The maximum Gasteiger partial charge on any atom is 0.410 e. The van der Waals surface area contributed by atoms with Gasteiger partial charge >= 0.3 is 6.18 Å². The Kier molecular flexibility index (Phi) is 6.00. The van der Waals surface area contributed by atoms with Gasteiger partial charge in [0.2, 0.25) is 5.72 Å². The third-order valence-electron chi connectivity index (χ3n) is 5.51. The summed E-state index contributed by atoms with van der Waals surface area (Å²) in [4.78, 5) is 12.8. The Balaban J connectivity index is 1.71. The van der Waals surface area contributed by atoms with E-state index in [0.717, 1.165) is 6.07 Å². The number of hydrogen-bond donors (Lipinski definition) is 2. The second-order valence-corrected chi connectivity index (χ2v) is 8.20. The van der Waals surface area contributed by atoms with Gasteiger partial charge in [-0.2, -0.15) is 28.4 Å². The van der Waals surface area contributed by atoms with E-state index in [-0.39, 0.29) is 10.8 Å². The molecular formula is C19H15ClF7N5O2. The number of hydrazone groups is 1. The largest absolute Gasteiger partial charge is 0.410 e. The van der Waals surface area contributed by atoms with E-state index in [2.05, 4.69) is 15.5 Å². The molecule has 7 nitrogen and oxygen atoms in total. The first-order valence-corrected chi connectivity index (χ1v) is 10.1.